The number of carbonyl (C=O) groups is 2. The van der Waals surface area contributed by atoms with E-state index in [4.69, 9.17) is 5.73 Å². The summed E-state index contributed by atoms with van der Waals surface area (Å²) < 4.78 is 0. The lowest BCUT2D eigenvalue weighted by Gasteiger charge is -2.30. The first-order valence-electron chi connectivity index (χ1n) is 8.30. The highest BCUT2D eigenvalue weighted by Crippen LogP contribution is 2.16. The van der Waals surface area contributed by atoms with Crippen molar-refractivity contribution in [3.63, 3.8) is 0 Å². The fourth-order valence-corrected chi connectivity index (χ4v) is 3.02. The van der Waals surface area contributed by atoms with Crippen LogP contribution in [0.15, 0.2) is 36.4 Å². The summed E-state index contributed by atoms with van der Waals surface area (Å²) in [6.07, 6.45) is 1.98. The topological polar surface area (TPSA) is 88.3 Å². The molecule has 2 heterocycles. The molecule has 0 spiro atoms. The molecular formula is C18H22N4O2. The number of hydrogen-bond acceptors (Lipinski definition) is 3. The number of benzene rings is 1. The molecule has 6 nitrogen and oxygen atoms in total. The molecule has 1 saturated heterocycles. The molecule has 24 heavy (non-hydrogen) atoms. The molecular weight excluding hydrogens is 304 g/mol. The van der Waals surface area contributed by atoms with Gasteiger partial charge in [-0.2, -0.15) is 0 Å². The van der Waals surface area contributed by atoms with E-state index in [1.165, 1.54) is 0 Å². The largest absolute Gasteiger partial charge is 0.369 e. The van der Waals surface area contributed by atoms with Crippen LogP contribution in [0.5, 0.6) is 0 Å². The number of carbonyl (C=O) groups excluding carboxylic acids is 2. The predicted octanol–water partition coefficient (Wildman–Crippen LogP) is 1.68. The lowest BCUT2D eigenvalue weighted by molar-refractivity contribution is -0.123. The Bertz CT molecular complexity index is 739. The van der Waals surface area contributed by atoms with Gasteiger partial charge >= 0.3 is 6.03 Å². The van der Waals surface area contributed by atoms with E-state index in [2.05, 4.69) is 10.3 Å². The van der Waals surface area contributed by atoms with Crippen LogP contribution in [0, 0.1) is 5.92 Å². The van der Waals surface area contributed by atoms with Crippen LogP contribution in [0.1, 0.15) is 18.5 Å². The number of para-hydroxylation sites is 1. The van der Waals surface area contributed by atoms with Crippen LogP contribution in [0.3, 0.4) is 0 Å². The molecule has 1 aliphatic heterocycles. The summed E-state index contributed by atoms with van der Waals surface area (Å²) in [7, 11) is 0. The molecule has 0 unspecified atom stereocenters. The Labute approximate surface area is 141 Å². The predicted molar refractivity (Wildman–Crippen MR) is 92.3 cm³/mol. The Balaban J connectivity index is 1.47. The zero-order valence-corrected chi connectivity index (χ0v) is 13.6. The van der Waals surface area contributed by atoms with Gasteiger partial charge < -0.3 is 16.0 Å². The van der Waals surface area contributed by atoms with E-state index in [9.17, 15) is 9.59 Å². The maximum absolute atomic E-state index is 12.2. The molecule has 0 saturated carbocycles. The van der Waals surface area contributed by atoms with Crippen molar-refractivity contribution in [2.45, 2.75) is 19.3 Å². The molecule has 1 aromatic carbocycles. The SMILES string of the molecule is NC(=O)C1CCN(C(=O)NCCc2ccc3ccccc3n2)CC1. The molecule has 0 atom stereocenters. The first-order chi connectivity index (χ1) is 11.6. The summed E-state index contributed by atoms with van der Waals surface area (Å²) in [5.41, 5.74) is 7.23. The Hall–Kier alpha value is -2.63. The molecule has 2 aromatic rings. The van der Waals surface area contributed by atoms with Gasteiger partial charge in [0.15, 0.2) is 0 Å². The number of nitrogens with one attached hydrogen (secondary N) is 1. The minimum absolute atomic E-state index is 0.0845. The second kappa shape index (κ2) is 7.29. The number of pyridine rings is 1. The Morgan fingerprint density at radius 1 is 1.17 bits per heavy atom. The first kappa shape index (κ1) is 16.2. The van der Waals surface area contributed by atoms with Crippen LogP contribution in [-0.4, -0.2) is 41.5 Å². The zero-order valence-electron chi connectivity index (χ0n) is 13.6. The van der Waals surface area contributed by atoms with Crippen molar-refractivity contribution in [1.29, 1.82) is 0 Å². The van der Waals surface area contributed by atoms with E-state index >= 15 is 0 Å². The average molecular weight is 326 g/mol. The van der Waals surface area contributed by atoms with Crippen molar-refractivity contribution in [3.8, 4) is 0 Å². The average Bonchev–Trinajstić information content (AvgIpc) is 2.61. The maximum atomic E-state index is 12.2. The second-order valence-electron chi connectivity index (χ2n) is 6.14. The van der Waals surface area contributed by atoms with Gasteiger partial charge in [0.05, 0.1) is 5.52 Å². The van der Waals surface area contributed by atoms with Crippen LogP contribution >= 0.6 is 0 Å². The van der Waals surface area contributed by atoms with Crippen molar-refractivity contribution < 1.29 is 9.59 Å². The normalized spacial score (nSPS) is 15.4. The third kappa shape index (κ3) is 3.82. The molecule has 1 aliphatic rings. The van der Waals surface area contributed by atoms with Crippen LogP contribution in [-0.2, 0) is 11.2 Å². The van der Waals surface area contributed by atoms with E-state index in [0.717, 1.165) is 16.6 Å². The van der Waals surface area contributed by atoms with Crippen molar-refractivity contribution in [1.82, 2.24) is 15.2 Å². The number of hydrogen-bond donors (Lipinski definition) is 2. The van der Waals surface area contributed by atoms with Crippen molar-refractivity contribution in [2.24, 2.45) is 11.7 Å². The molecule has 3 rings (SSSR count). The highest BCUT2D eigenvalue weighted by atomic mass is 16.2. The number of piperidine rings is 1. The quantitative estimate of drug-likeness (QED) is 0.896. The van der Waals surface area contributed by atoms with Crippen molar-refractivity contribution >= 4 is 22.8 Å². The number of nitrogens with two attached hydrogens (primary N) is 1. The molecule has 3 amide bonds. The van der Waals surface area contributed by atoms with Crippen LogP contribution in [0.4, 0.5) is 4.79 Å². The number of fused-ring (bicyclic) bond motifs is 1. The summed E-state index contributed by atoms with van der Waals surface area (Å²) in [4.78, 5) is 29.6. The van der Waals surface area contributed by atoms with Gasteiger partial charge in [0.2, 0.25) is 5.91 Å². The van der Waals surface area contributed by atoms with Crippen LogP contribution in [0.2, 0.25) is 0 Å². The number of urea groups is 1. The first-order valence-corrected chi connectivity index (χ1v) is 8.30. The van der Waals surface area contributed by atoms with Gasteiger partial charge in [-0.05, 0) is 25.0 Å². The summed E-state index contributed by atoms with van der Waals surface area (Å²) in [5, 5.41) is 4.04. The number of nitrogens with zero attached hydrogens (tertiary/aromatic N) is 2. The molecule has 0 radical (unpaired) electrons. The Morgan fingerprint density at radius 2 is 1.92 bits per heavy atom. The second-order valence-corrected chi connectivity index (χ2v) is 6.14. The minimum atomic E-state index is -0.266. The molecule has 1 aromatic heterocycles. The number of primary amides is 1. The number of aromatic nitrogens is 1. The van der Waals surface area contributed by atoms with Gasteiger partial charge in [0, 0.05) is 43.1 Å². The highest BCUT2D eigenvalue weighted by molar-refractivity contribution is 5.79. The number of rotatable bonds is 4. The van der Waals surface area contributed by atoms with Gasteiger partial charge in [-0.1, -0.05) is 24.3 Å². The Morgan fingerprint density at radius 3 is 2.67 bits per heavy atom. The van der Waals surface area contributed by atoms with E-state index in [1.807, 2.05) is 36.4 Å². The molecule has 126 valence electrons. The summed E-state index contributed by atoms with van der Waals surface area (Å²) in [6.45, 7) is 1.70. The van der Waals surface area contributed by atoms with E-state index in [-0.39, 0.29) is 17.9 Å². The van der Waals surface area contributed by atoms with Crippen LogP contribution in [0.25, 0.3) is 10.9 Å². The van der Waals surface area contributed by atoms with Gasteiger partial charge in [-0.25, -0.2) is 4.79 Å². The lowest BCUT2D eigenvalue weighted by Crippen LogP contribution is -2.46. The van der Waals surface area contributed by atoms with Crippen LogP contribution < -0.4 is 11.1 Å². The zero-order chi connectivity index (χ0) is 16.9. The molecule has 6 heteroatoms. The molecule has 0 aliphatic carbocycles. The van der Waals surface area contributed by atoms with Gasteiger partial charge in [-0.3, -0.25) is 9.78 Å². The fourth-order valence-electron chi connectivity index (χ4n) is 3.02. The number of amides is 3. The number of likely N-dealkylation sites (tertiary alicyclic amines) is 1. The third-order valence-electron chi connectivity index (χ3n) is 4.50. The lowest BCUT2D eigenvalue weighted by atomic mass is 9.96. The fraction of sp³-hybridized carbons (Fsp3) is 0.389. The van der Waals surface area contributed by atoms with E-state index in [0.29, 0.717) is 38.9 Å². The van der Waals surface area contributed by atoms with Crippen molar-refractivity contribution in [3.05, 3.63) is 42.1 Å². The maximum Gasteiger partial charge on any atom is 0.317 e. The van der Waals surface area contributed by atoms with Gasteiger partial charge in [0.25, 0.3) is 0 Å². The molecule has 3 N–H and O–H groups in total. The summed E-state index contributed by atoms with van der Waals surface area (Å²) in [5.74, 6) is -0.367. The summed E-state index contributed by atoms with van der Waals surface area (Å²) >= 11 is 0. The smallest absolute Gasteiger partial charge is 0.317 e. The molecule has 0 bridgehead atoms. The van der Waals surface area contributed by atoms with Gasteiger partial charge in [-0.15, -0.1) is 0 Å². The minimum Gasteiger partial charge on any atom is -0.369 e. The highest BCUT2D eigenvalue weighted by Gasteiger charge is 2.25. The van der Waals surface area contributed by atoms with Gasteiger partial charge in [0.1, 0.15) is 0 Å². The van der Waals surface area contributed by atoms with Crippen molar-refractivity contribution in [2.75, 3.05) is 19.6 Å². The monoisotopic (exact) mass is 326 g/mol. The van der Waals surface area contributed by atoms with E-state index in [1.54, 1.807) is 4.90 Å². The standard InChI is InChI=1S/C18H22N4O2/c19-17(23)14-8-11-22(12-9-14)18(24)20-10-7-15-6-5-13-3-1-2-4-16(13)21-15/h1-6,14H,7-12H2,(H2,19,23)(H,20,24). The summed E-state index contributed by atoms with van der Waals surface area (Å²) in [6, 6.07) is 11.9. The third-order valence-corrected chi connectivity index (χ3v) is 4.50. The Kier molecular flexibility index (Phi) is 4.93. The molecule has 1 fully saturated rings. The van der Waals surface area contributed by atoms with E-state index < -0.39 is 0 Å².